The van der Waals surface area contributed by atoms with Gasteiger partial charge in [0, 0.05) is 65.4 Å². The van der Waals surface area contributed by atoms with Crippen molar-refractivity contribution >= 4 is 77.2 Å². The monoisotopic (exact) mass is 830 g/mol. The molecule has 0 aliphatic heterocycles. The highest BCUT2D eigenvalue weighted by molar-refractivity contribution is 7.25. The van der Waals surface area contributed by atoms with Crippen LogP contribution in [0.4, 0.5) is 34.1 Å². The molecule has 0 bridgehead atoms. The summed E-state index contributed by atoms with van der Waals surface area (Å²) in [4.78, 5) is 9.71. The molecule has 294 valence electrons. The second kappa shape index (κ2) is 16.4. The number of rotatable bonds is 10. The van der Waals surface area contributed by atoms with E-state index < -0.39 is 0 Å². The summed E-state index contributed by atoms with van der Waals surface area (Å²) in [7, 11) is 0. The molecule has 0 fully saturated rings. The second-order valence-corrected chi connectivity index (χ2v) is 17.0. The van der Waals surface area contributed by atoms with Crippen molar-refractivity contribution in [1.82, 2.24) is 9.36 Å². The van der Waals surface area contributed by atoms with Gasteiger partial charge in [-0.05, 0) is 143 Å². The number of aromatic nitrogens is 2. The van der Waals surface area contributed by atoms with Gasteiger partial charge in [0.1, 0.15) is 5.01 Å². The van der Waals surface area contributed by atoms with Crippen LogP contribution in [0, 0.1) is 0 Å². The quantitative estimate of drug-likeness (QED) is 0.137. The summed E-state index contributed by atoms with van der Waals surface area (Å²) < 4.78 is 7.45. The molecule has 0 spiro atoms. The molecular weight excluding hydrogens is 793 g/mol. The standard InChI is InChI=1S/C56H38N4S2/c1-4-14-39(15-5-1)43-18-12-22-48(36-43)60(49-23-13-19-44(37-49)40-16-6-2-7-17-40)47-30-26-41(27-31-47)55-57-56(62-58-55)42-28-32-46(33-29-42)59(45-20-8-3-9-21-45)50-34-35-54-52(38-50)51-24-10-11-25-53(51)61-54/h1-38H. The van der Waals surface area contributed by atoms with Gasteiger partial charge < -0.3 is 9.80 Å². The zero-order chi connectivity index (χ0) is 41.2. The van der Waals surface area contributed by atoms with Crippen molar-refractivity contribution in [2.45, 2.75) is 0 Å². The van der Waals surface area contributed by atoms with Crippen molar-refractivity contribution < 1.29 is 0 Å². The minimum Gasteiger partial charge on any atom is -0.310 e. The van der Waals surface area contributed by atoms with Gasteiger partial charge in [-0.15, -0.1) is 11.3 Å². The van der Waals surface area contributed by atoms with Gasteiger partial charge in [-0.25, -0.2) is 4.98 Å². The molecule has 0 unspecified atom stereocenters. The van der Waals surface area contributed by atoms with E-state index in [4.69, 9.17) is 9.36 Å². The number of anilines is 6. The Labute approximate surface area is 369 Å². The van der Waals surface area contributed by atoms with Crippen molar-refractivity contribution in [1.29, 1.82) is 0 Å². The summed E-state index contributed by atoms with van der Waals surface area (Å²) in [5.41, 5.74) is 13.2. The van der Waals surface area contributed by atoms with E-state index in [9.17, 15) is 0 Å². The Kier molecular flexibility index (Phi) is 9.90. The van der Waals surface area contributed by atoms with Crippen molar-refractivity contribution in [2.75, 3.05) is 9.80 Å². The Bertz CT molecular complexity index is 3210. The maximum atomic E-state index is 5.06. The average molecular weight is 831 g/mol. The fourth-order valence-electron chi connectivity index (χ4n) is 8.21. The molecule has 0 saturated heterocycles. The molecule has 9 aromatic carbocycles. The number of hydrogen-bond acceptors (Lipinski definition) is 6. The van der Waals surface area contributed by atoms with Crippen LogP contribution in [0.2, 0.25) is 0 Å². The van der Waals surface area contributed by atoms with E-state index in [-0.39, 0.29) is 0 Å². The first-order chi connectivity index (χ1) is 30.7. The molecule has 6 heteroatoms. The number of nitrogens with zero attached hydrogens (tertiary/aromatic N) is 4. The van der Waals surface area contributed by atoms with Gasteiger partial charge in [0.25, 0.3) is 0 Å². The van der Waals surface area contributed by atoms with Crippen molar-refractivity contribution in [2.24, 2.45) is 0 Å². The fraction of sp³-hybridized carbons (Fsp3) is 0. The number of fused-ring (bicyclic) bond motifs is 3. The molecule has 11 aromatic rings. The zero-order valence-corrected chi connectivity index (χ0v) is 35.2. The SMILES string of the molecule is c1ccc(-c2cccc(N(c3ccc(-c4nsc(-c5ccc(N(c6ccccc6)c6ccc7sc8ccccc8c7c6)cc5)n4)cc3)c3cccc(-c4ccccc4)c3)c2)cc1. The summed E-state index contributed by atoms with van der Waals surface area (Å²) in [5, 5.41) is 3.45. The van der Waals surface area contributed by atoms with E-state index in [1.54, 1.807) is 0 Å². The maximum Gasteiger partial charge on any atom is 0.173 e. The van der Waals surface area contributed by atoms with Crippen LogP contribution in [0.25, 0.3) is 64.4 Å². The second-order valence-electron chi connectivity index (χ2n) is 15.1. The largest absolute Gasteiger partial charge is 0.310 e. The highest BCUT2D eigenvalue weighted by Crippen LogP contribution is 2.42. The van der Waals surface area contributed by atoms with Gasteiger partial charge in [-0.2, -0.15) is 4.37 Å². The van der Waals surface area contributed by atoms with Gasteiger partial charge in [-0.1, -0.05) is 121 Å². The third kappa shape index (κ3) is 7.32. The average Bonchev–Trinajstić information content (AvgIpc) is 3.99. The van der Waals surface area contributed by atoms with Crippen LogP contribution in [0.3, 0.4) is 0 Å². The minimum atomic E-state index is 0.714. The number of para-hydroxylation sites is 1. The van der Waals surface area contributed by atoms with E-state index in [1.807, 2.05) is 11.3 Å². The van der Waals surface area contributed by atoms with Gasteiger partial charge in [0.15, 0.2) is 5.82 Å². The lowest BCUT2D eigenvalue weighted by Gasteiger charge is -2.26. The first-order valence-electron chi connectivity index (χ1n) is 20.6. The maximum absolute atomic E-state index is 5.06. The molecule has 0 saturated carbocycles. The highest BCUT2D eigenvalue weighted by atomic mass is 32.1. The first kappa shape index (κ1) is 37.4. The Morgan fingerprint density at radius 1 is 0.306 bits per heavy atom. The third-order valence-electron chi connectivity index (χ3n) is 11.2. The predicted molar refractivity (Wildman–Crippen MR) is 264 cm³/mol. The van der Waals surface area contributed by atoms with E-state index in [2.05, 4.69) is 240 Å². The van der Waals surface area contributed by atoms with E-state index >= 15 is 0 Å². The number of hydrogen-bond donors (Lipinski definition) is 0. The van der Waals surface area contributed by atoms with E-state index in [0.717, 1.165) is 61.4 Å². The molecule has 0 amide bonds. The minimum absolute atomic E-state index is 0.714. The smallest absolute Gasteiger partial charge is 0.173 e. The van der Waals surface area contributed by atoms with Crippen LogP contribution < -0.4 is 9.80 Å². The van der Waals surface area contributed by atoms with Gasteiger partial charge >= 0.3 is 0 Å². The molecule has 0 aliphatic rings. The Morgan fingerprint density at radius 3 is 1.39 bits per heavy atom. The molecule has 62 heavy (non-hydrogen) atoms. The summed E-state index contributed by atoms with van der Waals surface area (Å²) in [6, 6.07) is 81.9. The lowest BCUT2D eigenvalue weighted by atomic mass is 10.0. The molecule has 4 nitrogen and oxygen atoms in total. The molecular formula is C56H38N4S2. The van der Waals surface area contributed by atoms with Gasteiger partial charge in [-0.3, -0.25) is 0 Å². The molecule has 0 aliphatic carbocycles. The zero-order valence-electron chi connectivity index (χ0n) is 33.5. The Hall–Kier alpha value is -7.64. The van der Waals surface area contributed by atoms with Gasteiger partial charge in [0.05, 0.1) is 0 Å². The molecule has 0 atom stereocenters. The van der Waals surface area contributed by atoms with E-state index in [1.165, 1.54) is 42.8 Å². The van der Waals surface area contributed by atoms with Crippen LogP contribution >= 0.6 is 22.9 Å². The number of thiophene rings is 1. The van der Waals surface area contributed by atoms with Crippen LogP contribution in [-0.4, -0.2) is 9.36 Å². The molecule has 11 rings (SSSR count). The van der Waals surface area contributed by atoms with Crippen LogP contribution in [0.5, 0.6) is 0 Å². The lowest BCUT2D eigenvalue weighted by Crippen LogP contribution is -2.10. The molecule has 0 N–H and O–H groups in total. The molecule has 2 aromatic heterocycles. The summed E-state index contributed by atoms with van der Waals surface area (Å²) in [6.07, 6.45) is 0. The Morgan fingerprint density at radius 2 is 0.758 bits per heavy atom. The van der Waals surface area contributed by atoms with Gasteiger partial charge in [0.2, 0.25) is 0 Å². The summed E-state index contributed by atoms with van der Waals surface area (Å²) in [6.45, 7) is 0. The van der Waals surface area contributed by atoms with Crippen molar-refractivity contribution in [3.05, 3.63) is 231 Å². The highest BCUT2D eigenvalue weighted by Gasteiger charge is 2.18. The fourth-order valence-corrected chi connectivity index (χ4v) is 9.98. The lowest BCUT2D eigenvalue weighted by molar-refractivity contribution is 1.27. The predicted octanol–water partition coefficient (Wildman–Crippen LogP) is 16.5. The third-order valence-corrected chi connectivity index (χ3v) is 13.2. The van der Waals surface area contributed by atoms with Crippen LogP contribution in [-0.2, 0) is 0 Å². The summed E-state index contributed by atoms with van der Waals surface area (Å²) >= 11 is 3.27. The van der Waals surface area contributed by atoms with Crippen LogP contribution in [0.1, 0.15) is 0 Å². The van der Waals surface area contributed by atoms with Crippen LogP contribution in [0.15, 0.2) is 231 Å². The molecule has 2 heterocycles. The topological polar surface area (TPSA) is 32.3 Å². The molecule has 0 radical (unpaired) electrons. The summed E-state index contributed by atoms with van der Waals surface area (Å²) in [5.74, 6) is 0.714. The number of benzene rings is 9. The van der Waals surface area contributed by atoms with Crippen molar-refractivity contribution in [3.8, 4) is 44.2 Å². The normalized spacial score (nSPS) is 11.2. The Balaban J connectivity index is 0.899. The van der Waals surface area contributed by atoms with E-state index in [0.29, 0.717) is 5.82 Å². The van der Waals surface area contributed by atoms with Crippen molar-refractivity contribution in [3.63, 3.8) is 0 Å². The first-order valence-corrected chi connectivity index (χ1v) is 22.2.